The van der Waals surface area contributed by atoms with E-state index in [0.29, 0.717) is 17.0 Å². The molecule has 3 unspecified atom stereocenters. The molecule has 306 valence electrons. The largest absolute Gasteiger partial charge is 0.481 e. The van der Waals surface area contributed by atoms with Gasteiger partial charge in [0.2, 0.25) is 17.7 Å². The zero-order valence-electron chi connectivity index (χ0n) is 31.8. The lowest BCUT2D eigenvalue weighted by Crippen LogP contribution is -2.65. The lowest BCUT2D eigenvalue weighted by atomic mass is 9.80. The number of nitrogens with zero attached hydrogens (tertiary/aromatic N) is 2. The number of methoxy groups -OCH3 is 1. The van der Waals surface area contributed by atoms with E-state index in [4.69, 9.17) is 21.1 Å². The van der Waals surface area contributed by atoms with Crippen molar-refractivity contribution < 1.29 is 51.7 Å². The van der Waals surface area contributed by atoms with Crippen LogP contribution in [0.5, 0.6) is 0 Å². The minimum absolute atomic E-state index is 0.0201. The number of carboxylic acid groups (broad SMARTS) is 1. The van der Waals surface area contributed by atoms with Gasteiger partial charge in [-0.3, -0.25) is 19.2 Å². The van der Waals surface area contributed by atoms with Gasteiger partial charge in [-0.2, -0.15) is 13.2 Å². The molecule has 0 saturated carbocycles. The molecule has 1 saturated heterocycles. The first kappa shape index (κ1) is 43.0. The number of fused-ring (bicyclic) bond motifs is 3. The van der Waals surface area contributed by atoms with Gasteiger partial charge in [0.1, 0.15) is 18.7 Å². The molecular formula is C41H46ClF3N4O8. The molecule has 4 amide bonds. The van der Waals surface area contributed by atoms with Crippen molar-refractivity contribution >= 4 is 41.4 Å². The van der Waals surface area contributed by atoms with Crippen molar-refractivity contribution in [2.24, 2.45) is 5.92 Å². The molecule has 3 aromatic rings. The Hall–Kier alpha value is -5.15. The molecule has 5 rings (SSSR count). The van der Waals surface area contributed by atoms with Crippen molar-refractivity contribution in [2.45, 2.75) is 68.7 Å². The number of piperidine rings is 1. The molecule has 1 fully saturated rings. The fraction of sp³-hybridized carbons (Fsp3) is 0.439. The minimum Gasteiger partial charge on any atom is -0.481 e. The lowest BCUT2D eigenvalue weighted by Gasteiger charge is -2.49. The van der Waals surface area contributed by atoms with Crippen molar-refractivity contribution in [3.63, 3.8) is 0 Å². The third-order valence-electron chi connectivity index (χ3n) is 10.6. The summed E-state index contributed by atoms with van der Waals surface area (Å²) in [5.74, 6) is -5.94. The number of hydrogen-bond acceptors (Lipinski definition) is 7. The summed E-state index contributed by atoms with van der Waals surface area (Å²) in [5.41, 5.74) is 3.65. The number of benzene rings is 3. The predicted molar refractivity (Wildman–Crippen MR) is 204 cm³/mol. The van der Waals surface area contributed by atoms with E-state index in [1.807, 2.05) is 48.5 Å². The summed E-state index contributed by atoms with van der Waals surface area (Å²) >= 11 is 6.12. The molecule has 12 nitrogen and oxygen atoms in total. The first-order chi connectivity index (χ1) is 27.0. The normalized spacial score (nSPS) is 18.1. The number of ether oxygens (including phenoxy) is 2. The zero-order valence-corrected chi connectivity index (χ0v) is 32.6. The number of aliphatic carboxylic acids is 1. The van der Waals surface area contributed by atoms with Crippen molar-refractivity contribution in [1.29, 1.82) is 0 Å². The Balaban J connectivity index is 1.29. The van der Waals surface area contributed by atoms with E-state index in [1.54, 1.807) is 24.3 Å². The lowest BCUT2D eigenvalue weighted by molar-refractivity contribution is -0.166. The standard InChI is InChI=1S/C41H46ClF3N4O8/c1-25(46-39(55)57-22-33-31-11-6-4-9-29(31)30-10-5-7-12-32(30)33)36(52)47-34(23-56-3)38(54)48(2)40(20-26-13-15-28(42)16-14-26)17-8-18-49(24-40)37(53)27(19-35(50)51)21-41(43,44)45/h4-7,9-16,25,27,33-34H,8,17-24H2,1-3H3,(H,46,55)(H,47,52)(H,50,51)/t25?,27?,34?,40-/m1/s1. The molecule has 2 aliphatic rings. The van der Waals surface area contributed by atoms with Gasteiger partial charge in [-0.05, 0) is 66.1 Å². The van der Waals surface area contributed by atoms with Crippen LogP contribution in [0.2, 0.25) is 5.02 Å². The van der Waals surface area contributed by atoms with Crippen LogP contribution in [0.3, 0.4) is 0 Å². The molecule has 0 bridgehead atoms. The monoisotopic (exact) mass is 814 g/mol. The van der Waals surface area contributed by atoms with Crippen LogP contribution < -0.4 is 10.6 Å². The highest BCUT2D eigenvalue weighted by atomic mass is 35.5. The average molecular weight is 815 g/mol. The number of carbonyl (C=O) groups excluding carboxylic acids is 4. The first-order valence-electron chi connectivity index (χ1n) is 18.5. The first-order valence-corrected chi connectivity index (χ1v) is 18.9. The van der Waals surface area contributed by atoms with Crippen LogP contribution in [-0.4, -0.2) is 109 Å². The molecule has 3 aromatic carbocycles. The zero-order chi connectivity index (χ0) is 41.5. The number of likely N-dealkylation sites (N-methyl/N-ethyl adjacent to an activating group) is 1. The quantitative estimate of drug-likeness (QED) is 0.174. The maximum absolute atomic E-state index is 14.3. The average Bonchev–Trinajstić information content (AvgIpc) is 3.49. The van der Waals surface area contributed by atoms with E-state index >= 15 is 0 Å². The fourth-order valence-corrected chi connectivity index (χ4v) is 7.93. The van der Waals surface area contributed by atoms with Crippen LogP contribution in [0.25, 0.3) is 11.1 Å². The van der Waals surface area contributed by atoms with E-state index in [1.165, 1.54) is 30.9 Å². The van der Waals surface area contributed by atoms with Crippen molar-refractivity contribution in [3.05, 3.63) is 94.5 Å². The van der Waals surface area contributed by atoms with Crippen LogP contribution >= 0.6 is 11.6 Å². The molecule has 57 heavy (non-hydrogen) atoms. The molecule has 0 aromatic heterocycles. The molecule has 3 N–H and O–H groups in total. The number of alkyl carbamates (subject to hydrolysis) is 1. The Labute approximate surface area is 333 Å². The smallest absolute Gasteiger partial charge is 0.407 e. The van der Waals surface area contributed by atoms with Gasteiger partial charge in [-0.1, -0.05) is 72.3 Å². The van der Waals surface area contributed by atoms with Crippen molar-refractivity contribution in [1.82, 2.24) is 20.4 Å². The third kappa shape index (κ3) is 10.6. The summed E-state index contributed by atoms with van der Waals surface area (Å²) in [7, 11) is 2.81. The molecule has 1 aliphatic heterocycles. The highest BCUT2D eigenvalue weighted by molar-refractivity contribution is 6.30. The summed E-state index contributed by atoms with van der Waals surface area (Å²) in [5, 5.41) is 14.9. The maximum Gasteiger partial charge on any atom is 0.407 e. The van der Waals surface area contributed by atoms with Gasteiger partial charge in [0.25, 0.3) is 0 Å². The topological polar surface area (TPSA) is 155 Å². The van der Waals surface area contributed by atoms with Gasteiger partial charge in [0.15, 0.2) is 0 Å². The Morgan fingerprint density at radius 3 is 2.18 bits per heavy atom. The van der Waals surface area contributed by atoms with E-state index in [0.717, 1.165) is 22.3 Å². The number of rotatable bonds is 15. The molecule has 0 radical (unpaired) electrons. The summed E-state index contributed by atoms with van der Waals surface area (Å²) in [6, 6.07) is 20.0. The van der Waals surface area contributed by atoms with Crippen molar-refractivity contribution in [2.75, 3.05) is 40.5 Å². The minimum atomic E-state index is -4.79. The number of amides is 4. The summed E-state index contributed by atoms with van der Waals surface area (Å²) < 4.78 is 51.3. The second-order valence-electron chi connectivity index (χ2n) is 14.6. The Bertz CT molecular complexity index is 1900. The van der Waals surface area contributed by atoms with Crippen LogP contribution in [-0.2, 0) is 35.1 Å². The Morgan fingerprint density at radius 2 is 1.60 bits per heavy atom. The second-order valence-corrected chi connectivity index (χ2v) is 15.0. The third-order valence-corrected chi connectivity index (χ3v) is 10.9. The fourth-order valence-electron chi connectivity index (χ4n) is 7.80. The molecule has 4 atom stereocenters. The van der Waals surface area contributed by atoms with Gasteiger partial charge in [-0.25, -0.2) is 4.79 Å². The maximum atomic E-state index is 14.3. The predicted octanol–water partition coefficient (Wildman–Crippen LogP) is 5.80. The summed E-state index contributed by atoms with van der Waals surface area (Å²) in [6.07, 6.45) is -7.51. The Kier molecular flexibility index (Phi) is 13.9. The highest BCUT2D eigenvalue weighted by Gasteiger charge is 2.47. The van der Waals surface area contributed by atoms with E-state index in [2.05, 4.69) is 10.6 Å². The van der Waals surface area contributed by atoms with Gasteiger partial charge in [0.05, 0.1) is 30.9 Å². The van der Waals surface area contributed by atoms with E-state index < -0.39 is 72.3 Å². The van der Waals surface area contributed by atoms with E-state index in [9.17, 15) is 42.3 Å². The highest BCUT2D eigenvalue weighted by Crippen LogP contribution is 2.44. The van der Waals surface area contributed by atoms with Gasteiger partial charge >= 0.3 is 18.2 Å². The molecule has 1 aliphatic carbocycles. The summed E-state index contributed by atoms with van der Waals surface area (Å²) in [6.45, 7) is 1.01. The van der Waals surface area contributed by atoms with Gasteiger partial charge in [0, 0.05) is 38.2 Å². The van der Waals surface area contributed by atoms with Crippen LogP contribution in [0.15, 0.2) is 72.8 Å². The SMILES string of the molecule is COCC(NC(=O)C(C)NC(=O)OCC1c2ccccc2-c2ccccc21)C(=O)N(C)[C@@]1(Cc2ccc(Cl)cc2)CCCN(C(=O)C(CC(=O)O)CC(F)(F)F)C1. The van der Waals surface area contributed by atoms with Crippen molar-refractivity contribution in [3.8, 4) is 11.1 Å². The number of likely N-dealkylation sites (tertiary alicyclic amines) is 1. The summed E-state index contributed by atoms with van der Waals surface area (Å²) in [4.78, 5) is 68.4. The molecule has 0 spiro atoms. The number of halogens is 4. The number of hydrogen-bond donors (Lipinski definition) is 3. The number of carbonyl (C=O) groups is 5. The molecular weight excluding hydrogens is 769 g/mol. The number of nitrogens with one attached hydrogen (secondary N) is 2. The van der Waals surface area contributed by atoms with Gasteiger partial charge < -0.3 is 35.0 Å². The molecule has 1 heterocycles. The Morgan fingerprint density at radius 1 is 0.982 bits per heavy atom. The number of alkyl halides is 3. The van der Waals surface area contributed by atoms with Crippen LogP contribution in [0.4, 0.5) is 18.0 Å². The second kappa shape index (κ2) is 18.4. The molecule has 16 heteroatoms. The van der Waals surface area contributed by atoms with E-state index in [-0.39, 0.29) is 45.1 Å². The van der Waals surface area contributed by atoms with Gasteiger partial charge in [-0.15, -0.1) is 0 Å². The van der Waals surface area contributed by atoms with Crippen LogP contribution in [0.1, 0.15) is 55.2 Å². The van der Waals surface area contributed by atoms with Crippen LogP contribution in [0, 0.1) is 5.92 Å². The number of carboxylic acids is 1.